The molecule has 2 atom stereocenters. The Kier molecular flexibility index (Phi) is 4.62. The summed E-state index contributed by atoms with van der Waals surface area (Å²) < 4.78 is 0. The van der Waals surface area contributed by atoms with Gasteiger partial charge in [-0.05, 0) is 31.0 Å². The molecule has 2 aliphatic rings. The van der Waals surface area contributed by atoms with E-state index in [4.69, 9.17) is 17.3 Å². The first-order chi connectivity index (χ1) is 11.5. The summed E-state index contributed by atoms with van der Waals surface area (Å²) in [5.41, 5.74) is 5.85. The number of piperazine rings is 1. The van der Waals surface area contributed by atoms with Gasteiger partial charge in [-0.15, -0.1) is 0 Å². The number of rotatable bonds is 2. The van der Waals surface area contributed by atoms with Gasteiger partial charge in [0.05, 0.1) is 16.6 Å². The maximum atomic E-state index is 12.6. The average Bonchev–Trinajstić information content (AvgIpc) is 2.53. The van der Waals surface area contributed by atoms with E-state index in [2.05, 4.69) is 10.6 Å². The number of hydrogen-bond donors (Lipinski definition) is 3. The van der Waals surface area contributed by atoms with E-state index in [0.717, 1.165) is 25.7 Å². The maximum absolute atomic E-state index is 12.6. The number of nitrogens with one attached hydrogen (secondary N) is 2. The number of primary amides is 1. The van der Waals surface area contributed by atoms with Crippen LogP contribution in [0.5, 0.6) is 0 Å². The predicted molar refractivity (Wildman–Crippen MR) is 89.9 cm³/mol. The van der Waals surface area contributed by atoms with Crippen molar-refractivity contribution in [2.75, 3.05) is 11.9 Å². The largest absolute Gasteiger partial charge is 0.366 e. The number of amides is 4. The Morgan fingerprint density at radius 2 is 2.04 bits per heavy atom. The van der Waals surface area contributed by atoms with Gasteiger partial charge >= 0.3 is 6.03 Å². The molecule has 1 aliphatic heterocycles. The highest BCUT2D eigenvalue weighted by molar-refractivity contribution is 6.34. The average molecular weight is 351 g/mol. The van der Waals surface area contributed by atoms with Crippen molar-refractivity contribution in [1.82, 2.24) is 10.2 Å². The second kappa shape index (κ2) is 6.68. The maximum Gasteiger partial charge on any atom is 0.322 e. The summed E-state index contributed by atoms with van der Waals surface area (Å²) in [5.74, 6) is -0.772. The number of urea groups is 1. The Bertz CT molecular complexity index is 694. The van der Waals surface area contributed by atoms with Crippen LogP contribution in [-0.4, -0.2) is 41.4 Å². The molecule has 1 saturated heterocycles. The molecule has 2 fully saturated rings. The van der Waals surface area contributed by atoms with Crippen LogP contribution in [0.1, 0.15) is 36.0 Å². The van der Waals surface area contributed by atoms with Crippen LogP contribution in [0.3, 0.4) is 0 Å². The first-order valence-electron chi connectivity index (χ1n) is 7.92. The van der Waals surface area contributed by atoms with Crippen LogP contribution in [0.4, 0.5) is 10.5 Å². The predicted octanol–water partition coefficient (Wildman–Crippen LogP) is 1.71. The van der Waals surface area contributed by atoms with Crippen LogP contribution >= 0.6 is 11.6 Å². The zero-order valence-corrected chi connectivity index (χ0v) is 13.8. The van der Waals surface area contributed by atoms with Gasteiger partial charge in [0.2, 0.25) is 11.8 Å². The number of hydrogen-bond acceptors (Lipinski definition) is 3. The van der Waals surface area contributed by atoms with Gasteiger partial charge in [0.1, 0.15) is 6.54 Å². The molecule has 128 valence electrons. The molecular formula is C16H19ClN4O3. The van der Waals surface area contributed by atoms with Crippen molar-refractivity contribution < 1.29 is 14.4 Å². The molecule has 7 nitrogen and oxygen atoms in total. The summed E-state index contributed by atoms with van der Waals surface area (Å²) in [6.07, 6.45) is 3.86. The number of carbonyl (C=O) groups excluding carboxylic acids is 3. The minimum absolute atomic E-state index is 0.0109. The lowest BCUT2D eigenvalue weighted by Crippen LogP contribution is -2.63. The van der Waals surface area contributed by atoms with Crippen LogP contribution in [0.15, 0.2) is 18.2 Å². The van der Waals surface area contributed by atoms with Gasteiger partial charge in [-0.1, -0.05) is 24.4 Å². The third kappa shape index (κ3) is 3.31. The third-order valence-electron chi connectivity index (χ3n) is 4.54. The molecule has 1 aliphatic carbocycles. The highest BCUT2D eigenvalue weighted by Gasteiger charge is 2.38. The van der Waals surface area contributed by atoms with E-state index < -0.39 is 5.91 Å². The molecule has 0 bridgehead atoms. The number of benzene rings is 1. The molecule has 4 N–H and O–H groups in total. The van der Waals surface area contributed by atoms with Crippen molar-refractivity contribution >= 4 is 35.1 Å². The SMILES string of the molecule is NC(=O)c1ccc(NC(=O)N2CC(=O)N[C@@H]3CCCC[C@H]32)cc1Cl. The van der Waals surface area contributed by atoms with Crippen molar-refractivity contribution in [2.24, 2.45) is 5.73 Å². The quantitative estimate of drug-likeness (QED) is 0.756. The second-order valence-corrected chi connectivity index (χ2v) is 6.55. The molecule has 4 amide bonds. The van der Waals surface area contributed by atoms with Gasteiger partial charge in [-0.3, -0.25) is 9.59 Å². The topological polar surface area (TPSA) is 105 Å². The molecule has 3 rings (SSSR count). The number of carbonyl (C=O) groups is 3. The lowest BCUT2D eigenvalue weighted by Gasteiger charge is -2.43. The van der Waals surface area contributed by atoms with Crippen molar-refractivity contribution in [3.05, 3.63) is 28.8 Å². The summed E-state index contributed by atoms with van der Waals surface area (Å²) in [5, 5.41) is 5.88. The van der Waals surface area contributed by atoms with Gasteiger partial charge in [-0.25, -0.2) is 4.79 Å². The summed E-state index contributed by atoms with van der Waals surface area (Å²) >= 11 is 6.00. The fourth-order valence-electron chi connectivity index (χ4n) is 3.39. The minimum Gasteiger partial charge on any atom is -0.366 e. The van der Waals surface area contributed by atoms with Crippen molar-refractivity contribution in [2.45, 2.75) is 37.8 Å². The molecule has 24 heavy (non-hydrogen) atoms. The van der Waals surface area contributed by atoms with E-state index >= 15 is 0 Å². The van der Waals surface area contributed by atoms with E-state index in [1.165, 1.54) is 12.1 Å². The Hall–Kier alpha value is -2.28. The Morgan fingerprint density at radius 3 is 2.75 bits per heavy atom. The highest BCUT2D eigenvalue weighted by atomic mass is 35.5. The van der Waals surface area contributed by atoms with E-state index in [0.29, 0.717) is 5.69 Å². The zero-order chi connectivity index (χ0) is 17.3. The first-order valence-corrected chi connectivity index (χ1v) is 8.30. The smallest absolute Gasteiger partial charge is 0.322 e. The molecule has 1 aromatic carbocycles. The molecule has 0 unspecified atom stereocenters. The Labute approximate surface area is 144 Å². The van der Waals surface area contributed by atoms with Crippen LogP contribution in [0.25, 0.3) is 0 Å². The van der Waals surface area contributed by atoms with Gasteiger partial charge in [0.15, 0.2) is 0 Å². The van der Waals surface area contributed by atoms with E-state index in [-0.39, 0.29) is 41.2 Å². The molecule has 0 spiro atoms. The van der Waals surface area contributed by atoms with E-state index in [1.807, 2.05) is 0 Å². The summed E-state index contributed by atoms with van der Waals surface area (Å²) in [4.78, 5) is 37.2. The van der Waals surface area contributed by atoms with Gasteiger partial charge < -0.3 is 21.3 Å². The van der Waals surface area contributed by atoms with Crippen LogP contribution in [-0.2, 0) is 4.79 Å². The van der Waals surface area contributed by atoms with Crippen LogP contribution in [0.2, 0.25) is 5.02 Å². The van der Waals surface area contributed by atoms with Gasteiger partial charge in [0.25, 0.3) is 0 Å². The standard InChI is InChI=1S/C16H19ClN4O3/c17-11-7-9(5-6-10(11)15(18)23)19-16(24)21-8-14(22)20-12-3-1-2-4-13(12)21/h5-7,12-13H,1-4,8H2,(H2,18,23)(H,19,24)(H,20,22)/t12-,13-/m1/s1. The second-order valence-electron chi connectivity index (χ2n) is 6.14. The summed E-state index contributed by atoms with van der Waals surface area (Å²) in [6, 6.07) is 4.19. The molecule has 1 heterocycles. The first kappa shape index (κ1) is 16.6. The van der Waals surface area contributed by atoms with Crippen LogP contribution < -0.4 is 16.4 Å². The molecule has 0 aromatic heterocycles. The summed E-state index contributed by atoms with van der Waals surface area (Å²) in [7, 11) is 0. The third-order valence-corrected chi connectivity index (χ3v) is 4.85. The fourth-order valence-corrected chi connectivity index (χ4v) is 3.66. The molecule has 0 radical (unpaired) electrons. The number of anilines is 1. The normalized spacial score (nSPS) is 23.2. The number of nitrogens with zero attached hydrogens (tertiary/aromatic N) is 1. The number of nitrogens with two attached hydrogens (primary N) is 1. The number of fused-ring (bicyclic) bond motifs is 1. The Balaban J connectivity index is 1.75. The van der Waals surface area contributed by atoms with E-state index in [9.17, 15) is 14.4 Å². The van der Waals surface area contributed by atoms with Gasteiger partial charge in [-0.2, -0.15) is 0 Å². The molecular weight excluding hydrogens is 332 g/mol. The number of halogens is 1. The lowest BCUT2D eigenvalue weighted by molar-refractivity contribution is -0.126. The lowest BCUT2D eigenvalue weighted by atomic mass is 9.87. The molecule has 1 saturated carbocycles. The van der Waals surface area contributed by atoms with Crippen molar-refractivity contribution in [3.8, 4) is 0 Å². The zero-order valence-electron chi connectivity index (χ0n) is 13.0. The Morgan fingerprint density at radius 1 is 1.29 bits per heavy atom. The van der Waals surface area contributed by atoms with E-state index in [1.54, 1.807) is 11.0 Å². The fraction of sp³-hybridized carbons (Fsp3) is 0.438. The minimum atomic E-state index is -0.629. The van der Waals surface area contributed by atoms with Crippen LogP contribution in [0, 0.1) is 0 Å². The highest BCUT2D eigenvalue weighted by Crippen LogP contribution is 2.27. The summed E-state index contributed by atoms with van der Waals surface area (Å²) in [6.45, 7) is 0.0418. The van der Waals surface area contributed by atoms with Gasteiger partial charge in [0, 0.05) is 11.7 Å². The van der Waals surface area contributed by atoms with Crippen molar-refractivity contribution in [1.29, 1.82) is 0 Å². The van der Waals surface area contributed by atoms with Crippen molar-refractivity contribution in [3.63, 3.8) is 0 Å². The molecule has 8 heteroatoms. The molecule has 1 aromatic rings. The monoisotopic (exact) mass is 350 g/mol.